The van der Waals surface area contributed by atoms with Gasteiger partial charge in [-0.15, -0.1) is 0 Å². The summed E-state index contributed by atoms with van der Waals surface area (Å²) in [6.07, 6.45) is 2.21. The fraction of sp³-hybridized carbons (Fsp3) is 0.556. The van der Waals surface area contributed by atoms with Gasteiger partial charge in [-0.25, -0.2) is 4.98 Å². The maximum Gasteiger partial charge on any atom is 0.268 e. The van der Waals surface area contributed by atoms with Gasteiger partial charge < -0.3 is 9.72 Å². The van der Waals surface area contributed by atoms with Crippen molar-refractivity contribution in [2.24, 2.45) is 0 Å². The van der Waals surface area contributed by atoms with Gasteiger partial charge in [-0.1, -0.05) is 6.92 Å². The lowest BCUT2D eigenvalue weighted by Gasteiger charge is -2.24. The number of nitrogens with zero attached hydrogens (tertiary/aromatic N) is 1. The highest BCUT2D eigenvalue weighted by molar-refractivity contribution is 14.1. The zero-order chi connectivity index (χ0) is 10.8. The molecule has 0 amide bonds. The Morgan fingerprint density at radius 2 is 2.29 bits per heavy atom. The summed E-state index contributed by atoms with van der Waals surface area (Å²) in [5.74, 6) is 0.404. The molecule has 1 aromatic heterocycles. The van der Waals surface area contributed by atoms with E-state index in [1.807, 2.05) is 43.4 Å². The van der Waals surface area contributed by atoms with Crippen molar-refractivity contribution >= 4 is 22.6 Å². The Morgan fingerprint density at radius 1 is 1.64 bits per heavy atom. The smallest absolute Gasteiger partial charge is 0.268 e. The highest BCUT2D eigenvalue weighted by Gasteiger charge is 2.19. The second-order valence-corrected chi connectivity index (χ2v) is 4.64. The van der Waals surface area contributed by atoms with E-state index >= 15 is 0 Å². The Kier molecular flexibility index (Phi) is 3.52. The first-order chi connectivity index (χ1) is 6.46. The summed E-state index contributed by atoms with van der Waals surface area (Å²) in [5, 5.41) is 0. The number of hydrogen-bond acceptors (Lipinski definition) is 3. The van der Waals surface area contributed by atoms with Gasteiger partial charge in [0.05, 0.1) is 6.33 Å². The van der Waals surface area contributed by atoms with Crippen molar-refractivity contribution in [2.75, 3.05) is 0 Å². The molecule has 14 heavy (non-hydrogen) atoms. The number of halogens is 1. The van der Waals surface area contributed by atoms with E-state index in [0.29, 0.717) is 9.45 Å². The van der Waals surface area contributed by atoms with Crippen LogP contribution in [0, 0.1) is 3.57 Å². The van der Waals surface area contributed by atoms with E-state index in [0.717, 1.165) is 6.42 Å². The molecule has 0 bridgehead atoms. The number of ether oxygens (including phenoxy) is 1. The van der Waals surface area contributed by atoms with Crippen LogP contribution in [-0.2, 0) is 0 Å². The summed E-state index contributed by atoms with van der Waals surface area (Å²) >= 11 is 1.93. The van der Waals surface area contributed by atoms with Crippen LogP contribution in [0.4, 0.5) is 0 Å². The Labute approximate surface area is 96.2 Å². The largest absolute Gasteiger partial charge is 0.471 e. The van der Waals surface area contributed by atoms with Gasteiger partial charge in [0.2, 0.25) is 5.88 Å². The van der Waals surface area contributed by atoms with Crippen LogP contribution in [0.25, 0.3) is 0 Å². The van der Waals surface area contributed by atoms with E-state index in [1.54, 1.807) is 0 Å². The summed E-state index contributed by atoms with van der Waals surface area (Å²) in [6.45, 7) is 5.96. The van der Waals surface area contributed by atoms with Gasteiger partial charge in [-0.3, -0.25) is 4.79 Å². The van der Waals surface area contributed by atoms with Crippen LogP contribution in [0.2, 0.25) is 0 Å². The van der Waals surface area contributed by atoms with Crippen LogP contribution >= 0.6 is 22.6 Å². The van der Waals surface area contributed by atoms with Crippen LogP contribution in [0.1, 0.15) is 27.2 Å². The van der Waals surface area contributed by atoms with Crippen LogP contribution < -0.4 is 10.3 Å². The maximum absolute atomic E-state index is 11.2. The Hall–Kier alpha value is -0.590. The second-order valence-electron chi connectivity index (χ2n) is 3.57. The fourth-order valence-corrected chi connectivity index (χ4v) is 1.18. The average molecular weight is 308 g/mol. The Morgan fingerprint density at radius 3 is 2.86 bits per heavy atom. The molecule has 4 nitrogen and oxygen atoms in total. The molecule has 0 radical (unpaired) electrons. The first-order valence-electron chi connectivity index (χ1n) is 4.38. The normalized spacial score (nSPS) is 11.4. The van der Waals surface area contributed by atoms with E-state index in [-0.39, 0.29) is 11.2 Å². The number of nitrogens with one attached hydrogen (secondary N) is 1. The van der Waals surface area contributed by atoms with Gasteiger partial charge in [-0.05, 0) is 42.9 Å². The molecule has 0 saturated heterocycles. The van der Waals surface area contributed by atoms with E-state index in [2.05, 4.69) is 9.97 Å². The van der Waals surface area contributed by atoms with Crippen molar-refractivity contribution in [3.63, 3.8) is 0 Å². The standard InChI is InChI=1S/C9H13IN2O2/c1-4-9(2,3)14-8-6(10)7(13)11-5-12-8/h5H,4H2,1-3H3,(H,11,12,13). The van der Waals surface area contributed by atoms with Crippen LogP contribution in [0.5, 0.6) is 5.88 Å². The van der Waals surface area contributed by atoms with Crippen molar-refractivity contribution in [1.82, 2.24) is 9.97 Å². The molecular weight excluding hydrogens is 295 g/mol. The van der Waals surface area contributed by atoms with Crippen molar-refractivity contribution in [3.8, 4) is 5.88 Å². The topological polar surface area (TPSA) is 55.0 Å². The van der Waals surface area contributed by atoms with E-state index < -0.39 is 0 Å². The first kappa shape index (κ1) is 11.5. The van der Waals surface area contributed by atoms with Crippen molar-refractivity contribution < 1.29 is 4.74 Å². The molecule has 0 aliphatic heterocycles. The lowest BCUT2D eigenvalue weighted by Crippen LogP contribution is -2.29. The quantitative estimate of drug-likeness (QED) is 0.868. The lowest BCUT2D eigenvalue weighted by atomic mass is 10.1. The SMILES string of the molecule is CCC(C)(C)Oc1nc[nH]c(=O)c1I. The maximum atomic E-state index is 11.2. The van der Waals surface area contributed by atoms with E-state index in [1.165, 1.54) is 6.33 Å². The summed E-state index contributed by atoms with van der Waals surface area (Å²) in [4.78, 5) is 17.7. The Bertz CT molecular complexity index is 373. The van der Waals surface area contributed by atoms with Crippen LogP contribution in [0.15, 0.2) is 11.1 Å². The molecule has 5 heteroatoms. The summed E-state index contributed by atoms with van der Waals surface area (Å²) in [7, 11) is 0. The highest BCUT2D eigenvalue weighted by Crippen LogP contribution is 2.20. The minimum atomic E-state index is -0.291. The predicted octanol–water partition coefficient (Wildman–Crippen LogP) is 1.94. The molecule has 0 aliphatic rings. The van der Waals surface area contributed by atoms with E-state index in [9.17, 15) is 4.79 Å². The molecule has 1 N–H and O–H groups in total. The minimum absolute atomic E-state index is 0.164. The summed E-state index contributed by atoms with van der Waals surface area (Å²) in [5.41, 5.74) is -0.455. The van der Waals surface area contributed by atoms with Gasteiger partial charge in [0.15, 0.2) is 0 Å². The van der Waals surface area contributed by atoms with Gasteiger partial charge in [-0.2, -0.15) is 0 Å². The molecule has 0 saturated carbocycles. The molecule has 1 aromatic rings. The fourth-order valence-electron chi connectivity index (χ4n) is 0.772. The van der Waals surface area contributed by atoms with Gasteiger partial charge in [0.25, 0.3) is 5.56 Å². The molecule has 0 aliphatic carbocycles. The van der Waals surface area contributed by atoms with Crippen LogP contribution in [-0.4, -0.2) is 15.6 Å². The summed E-state index contributed by atoms with van der Waals surface area (Å²) < 4.78 is 6.12. The highest BCUT2D eigenvalue weighted by atomic mass is 127. The van der Waals surface area contributed by atoms with E-state index in [4.69, 9.17) is 4.74 Å². The molecule has 1 rings (SSSR count). The van der Waals surface area contributed by atoms with Crippen molar-refractivity contribution in [3.05, 3.63) is 20.3 Å². The molecule has 0 fully saturated rings. The molecular formula is C9H13IN2O2. The summed E-state index contributed by atoms with van der Waals surface area (Å²) in [6, 6.07) is 0. The zero-order valence-electron chi connectivity index (χ0n) is 8.43. The second kappa shape index (κ2) is 4.29. The third-order valence-electron chi connectivity index (χ3n) is 1.99. The predicted molar refractivity (Wildman–Crippen MR) is 62.6 cm³/mol. The molecule has 1 heterocycles. The first-order valence-corrected chi connectivity index (χ1v) is 5.46. The molecule has 0 atom stereocenters. The van der Waals surface area contributed by atoms with Crippen molar-refractivity contribution in [1.29, 1.82) is 0 Å². The van der Waals surface area contributed by atoms with Crippen molar-refractivity contribution in [2.45, 2.75) is 32.8 Å². The number of aromatic amines is 1. The zero-order valence-corrected chi connectivity index (χ0v) is 10.6. The lowest BCUT2D eigenvalue weighted by molar-refractivity contribution is 0.0973. The Balaban J connectivity index is 2.98. The van der Waals surface area contributed by atoms with Crippen LogP contribution in [0.3, 0.4) is 0 Å². The molecule has 0 aromatic carbocycles. The number of hydrogen-bond donors (Lipinski definition) is 1. The number of aromatic nitrogens is 2. The minimum Gasteiger partial charge on any atom is -0.471 e. The molecule has 0 unspecified atom stereocenters. The molecule has 78 valence electrons. The number of H-pyrrole nitrogens is 1. The third kappa shape index (κ3) is 2.70. The number of rotatable bonds is 3. The van der Waals surface area contributed by atoms with Gasteiger partial charge in [0.1, 0.15) is 9.17 Å². The third-order valence-corrected chi connectivity index (χ3v) is 2.94. The van der Waals surface area contributed by atoms with Gasteiger partial charge >= 0.3 is 0 Å². The monoisotopic (exact) mass is 308 g/mol. The molecule has 0 spiro atoms. The van der Waals surface area contributed by atoms with Gasteiger partial charge in [0, 0.05) is 0 Å². The average Bonchev–Trinajstić information content (AvgIpc) is 2.13.